The van der Waals surface area contributed by atoms with E-state index in [4.69, 9.17) is 9.47 Å². The molecule has 1 aromatic carbocycles. The summed E-state index contributed by atoms with van der Waals surface area (Å²) in [7, 11) is 0. The number of pyridine rings is 1. The fourth-order valence-corrected chi connectivity index (χ4v) is 3.57. The van der Waals surface area contributed by atoms with E-state index in [2.05, 4.69) is 27.3 Å². The molecule has 0 radical (unpaired) electrons. The number of aromatic nitrogens is 1. The smallest absolute Gasteiger partial charge is 0.319 e. The van der Waals surface area contributed by atoms with Gasteiger partial charge in [-0.15, -0.1) is 0 Å². The fraction of sp³-hybridized carbons (Fsp3) is 0.400. The summed E-state index contributed by atoms with van der Waals surface area (Å²) in [5.74, 6) is 0.550. The molecule has 2 aromatic rings. The van der Waals surface area contributed by atoms with Crippen LogP contribution in [-0.4, -0.2) is 43.7 Å². The number of carbonyl (C=O) groups is 1. The lowest BCUT2D eigenvalue weighted by Crippen LogP contribution is -2.43. The number of carbonyl (C=O) groups excluding carboxylic acids is 1. The Morgan fingerprint density at radius 2 is 2.15 bits per heavy atom. The van der Waals surface area contributed by atoms with Crippen molar-refractivity contribution in [2.24, 2.45) is 0 Å². The maximum absolute atomic E-state index is 12.7. The molecule has 1 aromatic heterocycles. The van der Waals surface area contributed by atoms with Crippen molar-refractivity contribution >= 4 is 11.7 Å². The Labute approximate surface area is 153 Å². The SMILES string of the molecule is CCOc1ncccc1C1Cc2ccc(N3CCNCC3)cc2OC1=O. The summed E-state index contributed by atoms with van der Waals surface area (Å²) in [6.07, 6.45) is 2.28. The number of fused-ring (bicyclic) bond motifs is 1. The van der Waals surface area contributed by atoms with Gasteiger partial charge >= 0.3 is 5.97 Å². The lowest BCUT2D eigenvalue weighted by Gasteiger charge is -2.31. The van der Waals surface area contributed by atoms with E-state index in [0.29, 0.717) is 24.7 Å². The molecule has 2 aliphatic rings. The van der Waals surface area contributed by atoms with Crippen molar-refractivity contribution in [2.45, 2.75) is 19.3 Å². The Morgan fingerprint density at radius 3 is 2.96 bits per heavy atom. The van der Waals surface area contributed by atoms with E-state index in [-0.39, 0.29) is 11.9 Å². The van der Waals surface area contributed by atoms with E-state index in [1.807, 2.05) is 25.1 Å². The van der Waals surface area contributed by atoms with Crippen LogP contribution in [0.3, 0.4) is 0 Å². The van der Waals surface area contributed by atoms with Gasteiger partial charge in [0.15, 0.2) is 0 Å². The summed E-state index contributed by atoms with van der Waals surface area (Å²) in [5.41, 5.74) is 2.93. The van der Waals surface area contributed by atoms with Gasteiger partial charge in [-0.3, -0.25) is 4.79 Å². The van der Waals surface area contributed by atoms with Gasteiger partial charge in [-0.05, 0) is 31.0 Å². The predicted molar refractivity (Wildman–Crippen MR) is 99.0 cm³/mol. The molecule has 0 bridgehead atoms. The first-order valence-electron chi connectivity index (χ1n) is 9.14. The lowest BCUT2D eigenvalue weighted by molar-refractivity contribution is -0.137. The first-order valence-corrected chi connectivity index (χ1v) is 9.14. The summed E-state index contributed by atoms with van der Waals surface area (Å²) in [6.45, 7) is 6.28. The lowest BCUT2D eigenvalue weighted by atomic mass is 9.90. The third-order valence-corrected chi connectivity index (χ3v) is 4.91. The van der Waals surface area contributed by atoms with Gasteiger partial charge in [0.2, 0.25) is 5.88 Å². The van der Waals surface area contributed by atoms with Crippen LogP contribution in [-0.2, 0) is 11.2 Å². The number of piperazine rings is 1. The summed E-state index contributed by atoms with van der Waals surface area (Å²) in [4.78, 5) is 19.2. The molecule has 3 heterocycles. The van der Waals surface area contributed by atoms with Gasteiger partial charge in [0.05, 0.1) is 12.5 Å². The van der Waals surface area contributed by atoms with Crippen LogP contribution < -0.4 is 19.7 Å². The van der Waals surface area contributed by atoms with Crippen molar-refractivity contribution in [3.63, 3.8) is 0 Å². The van der Waals surface area contributed by atoms with Crippen LogP contribution in [0.2, 0.25) is 0 Å². The van der Waals surface area contributed by atoms with Crippen LogP contribution >= 0.6 is 0 Å². The Balaban J connectivity index is 1.60. The molecule has 1 N–H and O–H groups in total. The van der Waals surface area contributed by atoms with E-state index >= 15 is 0 Å². The number of hydrogen-bond donors (Lipinski definition) is 1. The summed E-state index contributed by atoms with van der Waals surface area (Å²) in [5, 5.41) is 3.35. The number of nitrogens with one attached hydrogen (secondary N) is 1. The quantitative estimate of drug-likeness (QED) is 0.671. The van der Waals surface area contributed by atoms with Crippen LogP contribution in [0, 0.1) is 0 Å². The van der Waals surface area contributed by atoms with E-state index in [0.717, 1.165) is 43.0 Å². The second-order valence-corrected chi connectivity index (χ2v) is 6.54. The average molecular weight is 353 g/mol. The van der Waals surface area contributed by atoms with Crippen LogP contribution in [0.25, 0.3) is 0 Å². The Hall–Kier alpha value is -2.60. The monoisotopic (exact) mass is 353 g/mol. The maximum Gasteiger partial charge on any atom is 0.319 e. The number of benzene rings is 1. The van der Waals surface area contributed by atoms with E-state index in [1.165, 1.54) is 0 Å². The van der Waals surface area contributed by atoms with Crippen molar-refractivity contribution in [3.05, 3.63) is 47.7 Å². The van der Waals surface area contributed by atoms with Gasteiger partial charge in [-0.2, -0.15) is 0 Å². The molecule has 4 rings (SSSR count). The molecule has 2 aliphatic heterocycles. The number of rotatable bonds is 4. The third kappa shape index (κ3) is 3.24. The molecule has 26 heavy (non-hydrogen) atoms. The highest BCUT2D eigenvalue weighted by Crippen LogP contribution is 2.38. The normalized spacial score (nSPS) is 19.7. The molecule has 6 heteroatoms. The number of anilines is 1. The largest absolute Gasteiger partial charge is 0.478 e. The fourth-order valence-electron chi connectivity index (χ4n) is 3.57. The van der Waals surface area contributed by atoms with E-state index in [1.54, 1.807) is 6.20 Å². The van der Waals surface area contributed by atoms with E-state index in [9.17, 15) is 4.79 Å². The minimum absolute atomic E-state index is 0.246. The first-order chi connectivity index (χ1) is 12.8. The van der Waals surface area contributed by atoms with E-state index < -0.39 is 0 Å². The first kappa shape index (κ1) is 16.8. The van der Waals surface area contributed by atoms with Crippen LogP contribution in [0.1, 0.15) is 24.0 Å². The highest BCUT2D eigenvalue weighted by Gasteiger charge is 2.32. The Morgan fingerprint density at radius 1 is 1.31 bits per heavy atom. The molecule has 1 unspecified atom stereocenters. The summed E-state index contributed by atoms with van der Waals surface area (Å²) >= 11 is 0. The van der Waals surface area contributed by atoms with Crippen LogP contribution in [0.4, 0.5) is 5.69 Å². The second-order valence-electron chi connectivity index (χ2n) is 6.54. The number of esters is 1. The summed E-state index contributed by atoms with van der Waals surface area (Å²) in [6, 6.07) is 9.90. The zero-order valence-corrected chi connectivity index (χ0v) is 14.9. The molecule has 1 atom stereocenters. The molecular weight excluding hydrogens is 330 g/mol. The molecule has 0 saturated carbocycles. The zero-order valence-electron chi connectivity index (χ0n) is 14.9. The van der Waals surface area contributed by atoms with Gasteiger partial charge < -0.3 is 19.7 Å². The molecule has 136 valence electrons. The minimum Gasteiger partial charge on any atom is -0.478 e. The van der Waals surface area contributed by atoms with Gasteiger partial charge in [-0.25, -0.2) is 4.98 Å². The average Bonchev–Trinajstić information content (AvgIpc) is 2.68. The molecule has 0 spiro atoms. The van der Waals surface area contributed by atoms with Gasteiger partial charge in [0.1, 0.15) is 5.75 Å². The minimum atomic E-state index is -0.386. The highest BCUT2D eigenvalue weighted by molar-refractivity contribution is 5.84. The van der Waals surface area contributed by atoms with Crippen molar-refractivity contribution in [3.8, 4) is 11.6 Å². The number of hydrogen-bond acceptors (Lipinski definition) is 6. The third-order valence-electron chi connectivity index (χ3n) is 4.91. The zero-order chi connectivity index (χ0) is 17.9. The standard InChI is InChI=1S/C20H23N3O3/c1-2-25-19-16(4-3-7-22-19)17-12-14-5-6-15(13-18(14)26-20(17)24)23-10-8-21-9-11-23/h3-7,13,17,21H,2,8-12H2,1H3. The molecule has 1 fully saturated rings. The molecular formula is C20H23N3O3. The van der Waals surface area contributed by atoms with Gasteiger partial charge in [-0.1, -0.05) is 12.1 Å². The van der Waals surface area contributed by atoms with Crippen molar-refractivity contribution in [1.29, 1.82) is 0 Å². The van der Waals surface area contributed by atoms with Crippen molar-refractivity contribution < 1.29 is 14.3 Å². The molecule has 1 saturated heterocycles. The number of nitrogens with zero attached hydrogens (tertiary/aromatic N) is 2. The predicted octanol–water partition coefficient (Wildman–Crippen LogP) is 2.14. The van der Waals surface area contributed by atoms with Gasteiger partial charge in [0, 0.05) is 49.7 Å². The van der Waals surface area contributed by atoms with Crippen molar-refractivity contribution in [2.75, 3.05) is 37.7 Å². The Kier molecular flexibility index (Phi) is 4.75. The van der Waals surface area contributed by atoms with Crippen LogP contribution in [0.5, 0.6) is 11.6 Å². The molecule has 6 nitrogen and oxygen atoms in total. The molecule has 0 amide bonds. The summed E-state index contributed by atoms with van der Waals surface area (Å²) < 4.78 is 11.3. The second kappa shape index (κ2) is 7.33. The van der Waals surface area contributed by atoms with Crippen LogP contribution in [0.15, 0.2) is 36.5 Å². The maximum atomic E-state index is 12.7. The topological polar surface area (TPSA) is 63.7 Å². The molecule has 0 aliphatic carbocycles. The number of ether oxygens (including phenoxy) is 2. The highest BCUT2D eigenvalue weighted by atomic mass is 16.5. The Bertz CT molecular complexity index is 803. The van der Waals surface area contributed by atoms with Crippen molar-refractivity contribution in [1.82, 2.24) is 10.3 Å². The van der Waals surface area contributed by atoms with Gasteiger partial charge in [0.25, 0.3) is 0 Å².